The first-order valence-corrected chi connectivity index (χ1v) is 2.97. The second-order valence-electron chi connectivity index (χ2n) is 2.85. The highest BCUT2D eigenvalue weighted by atomic mass is 16.4. The fourth-order valence-corrected chi connectivity index (χ4v) is 0.841. The summed E-state index contributed by atoms with van der Waals surface area (Å²) in [6.07, 6.45) is -2.20. The molecule has 1 aliphatic rings. The molecule has 0 aromatic heterocycles. The van der Waals surface area contributed by atoms with Crippen LogP contribution in [0.5, 0.6) is 0 Å². The van der Waals surface area contributed by atoms with Gasteiger partial charge in [0.2, 0.25) is 12.5 Å². The minimum Gasteiger partial charge on any atom is -0.366 e. The third kappa shape index (κ3) is 0.792. The number of nitrogens with zero attached hydrogens (tertiary/aromatic N) is 1. The summed E-state index contributed by atoms with van der Waals surface area (Å²) in [6.45, 7) is 0. The molecular weight excluding hydrogens is 136 g/mol. The number of hydrogen-bond acceptors (Lipinski definition) is 3. The van der Waals surface area contributed by atoms with Crippen LogP contribution in [0, 0.1) is 0 Å². The Morgan fingerprint density at radius 2 is 2.00 bits per heavy atom. The first-order chi connectivity index (χ1) is 4.46. The number of quaternary nitrogens is 1. The Morgan fingerprint density at radius 3 is 2.10 bits per heavy atom. The number of carbonyl (C=O) groups is 1. The molecule has 0 spiro atoms. The topological polar surface area (TPSA) is 69.6 Å². The fraction of sp³-hybridized carbons (Fsp3) is 0.800. The van der Waals surface area contributed by atoms with Crippen molar-refractivity contribution < 1.29 is 19.5 Å². The van der Waals surface area contributed by atoms with Gasteiger partial charge in [0.1, 0.15) is 0 Å². The molecule has 3 N–H and O–H groups in total. The monoisotopic (exact) mass is 147 g/mol. The molecule has 1 heterocycles. The quantitative estimate of drug-likeness (QED) is 0.362. The van der Waals surface area contributed by atoms with E-state index in [1.54, 1.807) is 0 Å². The van der Waals surface area contributed by atoms with Gasteiger partial charge in [-0.05, 0) is 0 Å². The van der Waals surface area contributed by atoms with Crippen molar-refractivity contribution in [3.8, 4) is 0 Å². The van der Waals surface area contributed by atoms with E-state index in [9.17, 15) is 4.79 Å². The van der Waals surface area contributed by atoms with Crippen molar-refractivity contribution in [2.75, 3.05) is 14.1 Å². The summed E-state index contributed by atoms with van der Waals surface area (Å²) in [4.78, 5) is 10.9. The van der Waals surface area contributed by atoms with Crippen LogP contribution in [-0.2, 0) is 0 Å². The molecule has 0 aromatic carbocycles. The molecule has 1 saturated heterocycles. The summed E-state index contributed by atoms with van der Waals surface area (Å²) < 4.78 is -0.235. The zero-order chi connectivity index (χ0) is 7.94. The van der Waals surface area contributed by atoms with Gasteiger partial charge in [-0.15, -0.1) is 0 Å². The molecule has 5 nitrogen and oxygen atoms in total. The molecule has 0 bridgehead atoms. The van der Waals surface area contributed by atoms with E-state index < -0.39 is 12.5 Å². The Kier molecular flexibility index (Phi) is 1.43. The molecule has 0 saturated carbocycles. The van der Waals surface area contributed by atoms with Gasteiger partial charge in [-0.2, -0.15) is 0 Å². The molecule has 0 aliphatic carbocycles. The van der Waals surface area contributed by atoms with Crippen molar-refractivity contribution in [1.29, 1.82) is 0 Å². The third-order valence-electron chi connectivity index (χ3n) is 1.74. The highest BCUT2D eigenvalue weighted by Crippen LogP contribution is 2.14. The largest absolute Gasteiger partial charge is 0.420 e. The number of likely N-dealkylation sites (N-methyl/N-ethyl adjacent to an activating group) is 1. The van der Waals surface area contributed by atoms with Crippen molar-refractivity contribution in [2.45, 2.75) is 12.5 Å². The SMILES string of the molecule is C[N+]1(C)C(=O)NC(O)C1O. The van der Waals surface area contributed by atoms with Crippen LogP contribution >= 0.6 is 0 Å². The minimum absolute atomic E-state index is 0.235. The van der Waals surface area contributed by atoms with Crippen LogP contribution < -0.4 is 5.32 Å². The lowest BCUT2D eigenvalue weighted by Crippen LogP contribution is -2.49. The van der Waals surface area contributed by atoms with Crippen LogP contribution in [-0.4, -0.2) is 47.3 Å². The number of amides is 2. The molecule has 10 heavy (non-hydrogen) atoms. The van der Waals surface area contributed by atoms with Gasteiger partial charge < -0.3 is 10.2 Å². The van der Waals surface area contributed by atoms with E-state index in [2.05, 4.69) is 5.32 Å². The maximum absolute atomic E-state index is 10.9. The van der Waals surface area contributed by atoms with E-state index in [4.69, 9.17) is 10.2 Å². The molecule has 0 radical (unpaired) electrons. The molecule has 58 valence electrons. The molecule has 2 atom stereocenters. The van der Waals surface area contributed by atoms with E-state index >= 15 is 0 Å². The smallest absolute Gasteiger partial charge is 0.366 e. The van der Waals surface area contributed by atoms with Crippen LogP contribution in [0.15, 0.2) is 0 Å². The minimum atomic E-state index is -1.14. The molecule has 1 aliphatic heterocycles. The zero-order valence-corrected chi connectivity index (χ0v) is 5.90. The Morgan fingerprint density at radius 1 is 1.50 bits per heavy atom. The normalized spacial score (nSPS) is 37.8. The molecule has 0 aromatic rings. The summed E-state index contributed by atoms with van der Waals surface area (Å²) in [5, 5.41) is 20.2. The van der Waals surface area contributed by atoms with E-state index in [-0.39, 0.29) is 10.5 Å². The lowest BCUT2D eigenvalue weighted by atomic mass is 10.4. The van der Waals surface area contributed by atoms with Crippen molar-refractivity contribution in [2.24, 2.45) is 0 Å². The average Bonchev–Trinajstić information content (AvgIpc) is 1.97. The van der Waals surface area contributed by atoms with Crippen LogP contribution in [0.1, 0.15) is 0 Å². The van der Waals surface area contributed by atoms with Crippen molar-refractivity contribution in [3.63, 3.8) is 0 Å². The van der Waals surface area contributed by atoms with E-state index in [1.807, 2.05) is 0 Å². The number of urea groups is 1. The van der Waals surface area contributed by atoms with Crippen molar-refractivity contribution >= 4 is 6.03 Å². The predicted octanol–water partition coefficient (Wildman–Crippen LogP) is -1.58. The van der Waals surface area contributed by atoms with Crippen molar-refractivity contribution in [3.05, 3.63) is 0 Å². The summed E-state index contributed by atoms with van der Waals surface area (Å²) in [5.41, 5.74) is 0. The van der Waals surface area contributed by atoms with Crippen molar-refractivity contribution in [1.82, 2.24) is 5.32 Å². The third-order valence-corrected chi connectivity index (χ3v) is 1.74. The standard InChI is InChI=1S/C5H10N2O3/c1-7(2)4(9)3(8)6-5(7)10/h3-4,8-9H,1-2H3/p+1. The maximum atomic E-state index is 10.9. The molecular formula is C5H11N2O3+. The van der Waals surface area contributed by atoms with Gasteiger partial charge in [0.25, 0.3) is 0 Å². The average molecular weight is 147 g/mol. The zero-order valence-electron chi connectivity index (χ0n) is 5.90. The van der Waals surface area contributed by atoms with Gasteiger partial charge in [0.05, 0.1) is 14.1 Å². The Bertz CT molecular complexity index is 168. The number of nitrogens with one attached hydrogen (secondary N) is 1. The van der Waals surface area contributed by atoms with Gasteiger partial charge >= 0.3 is 6.03 Å². The Balaban J connectivity index is 2.85. The lowest BCUT2D eigenvalue weighted by molar-refractivity contribution is -0.854. The van der Waals surface area contributed by atoms with Gasteiger partial charge in [-0.25, -0.2) is 9.28 Å². The lowest BCUT2D eigenvalue weighted by Gasteiger charge is -2.22. The Hall–Kier alpha value is -0.650. The number of aliphatic hydroxyl groups excluding tert-OH is 2. The first-order valence-electron chi connectivity index (χ1n) is 2.97. The predicted molar refractivity (Wildman–Crippen MR) is 32.7 cm³/mol. The number of hydrogen-bond donors (Lipinski definition) is 3. The summed E-state index contributed by atoms with van der Waals surface area (Å²) in [7, 11) is 3.05. The van der Waals surface area contributed by atoms with Crippen LogP contribution in [0.25, 0.3) is 0 Å². The van der Waals surface area contributed by atoms with Gasteiger partial charge in [0, 0.05) is 0 Å². The Labute approximate surface area is 58.5 Å². The maximum Gasteiger partial charge on any atom is 0.420 e. The van der Waals surface area contributed by atoms with Crippen LogP contribution in [0.4, 0.5) is 4.79 Å². The number of aliphatic hydroxyl groups is 2. The van der Waals surface area contributed by atoms with E-state index in [0.29, 0.717) is 0 Å². The molecule has 1 fully saturated rings. The second kappa shape index (κ2) is 1.91. The van der Waals surface area contributed by atoms with E-state index in [1.165, 1.54) is 14.1 Å². The summed E-state index contributed by atoms with van der Waals surface area (Å²) in [6, 6.07) is -0.375. The number of carbonyl (C=O) groups excluding carboxylic acids is 1. The summed E-state index contributed by atoms with van der Waals surface area (Å²) in [5.74, 6) is 0. The highest BCUT2D eigenvalue weighted by molar-refractivity contribution is 5.68. The van der Waals surface area contributed by atoms with Crippen LogP contribution in [0.3, 0.4) is 0 Å². The van der Waals surface area contributed by atoms with Crippen LogP contribution in [0.2, 0.25) is 0 Å². The molecule has 2 unspecified atom stereocenters. The fourth-order valence-electron chi connectivity index (χ4n) is 0.841. The summed E-state index contributed by atoms with van der Waals surface area (Å²) >= 11 is 0. The first kappa shape index (κ1) is 7.46. The van der Waals surface area contributed by atoms with Gasteiger partial charge in [-0.1, -0.05) is 0 Å². The second-order valence-corrected chi connectivity index (χ2v) is 2.85. The highest BCUT2D eigenvalue weighted by Gasteiger charge is 2.48. The van der Waals surface area contributed by atoms with E-state index in [0.717, 1.165) is 0 Å². The number of rotatable bonds is 0. The van der Waals surface area contributed by atoms with Gasteiger partial charge in [0.15, 0.2) is 0 Å². The molecule has 1 rings (SSSR count). The van der Waals surface area contributed by atoms with Gasteiger partial charge in [-0.3, -0.25) is 5.32 Å². The molecule has 5 heteroatoms. The molecule has 2 amide bonds.